The van der Waals surface area contributed by atoms with Gasteiger partial charge in [-0.15, -0.1) is 0 Å². The van der Waals surface area contributed by atoms with Crippen LogP contribution in [-0.4, -0.2) is 34.6 Å². The van der Waals surface area contributed by atoms with E-state index in [1.807, 2.05) is 37.3 Å². The van der Waals surface area contributed by atoms with Gasteiger partial charge in [0, 0.05) is 5.39 Å². The molecule has 0 saturated heterocycles. The maximum Gasteiger partial charge on any atom is 0.268 e. The normalized spacial score (nSPS) is 12.1. The molecule has 7 nitrogen and oxygen atoms in total. The summed E-state index contributed by atoms with van der Waals surface area (Å²) in [5.41, 5.74) is 3.19. The van der Waals surface area contributed by atoms with E-state index in [-0.39, 0.29) is 16.0 Å². The molecule has 0 amide bonds. The summed E-state index contributed by atoms with van der Waals surface area (Å²) in [5.74, 6) is 0.330. The fraction of sp³-hybridized carbons (Fsp3) is 0.226. The number of carbonyl (C=O) groups is 1. The van der Waals surface area contributed by atoms with Crippen molar-refractivity contribution in [1.82, 2.24) is 13.8 Å². The molecule has 0 aliphatic heterocycles. The van der Waals surface area contributed by atoms with Crippen LogP contribution < -0.4 is 4.74 Å². The van der Waals surface area contributed by atoms with Crippen molar-refractivity contribution in [2.24, 2.45) is 5.41 Å². The molecule has 0 unspecified atom stereocenters. The third-order valence-corrected chi connectivity index (χ3v) is 8.21. The molecule has 0 aliphatic carbocycles. The van der Waals surface area contributed by atoms with Gasteiger partial charge in [-0.2, -0.15) is 5.10 Å². The number of ketones is 1. The molecule has 0 spiro atoms. The highest BCUT2D eigenvalue weighted by molar-refractivity contribution is 7.90. The van der Waals surface area contributed by atoms with Crippen LogP contribution in [0.5, 0.6) is 5.75 Å². The van der Waals surface area contributed by atoms with Crippen LogP contribution in [0.25, 0.3) is 16.6 Å². The van der Waals surface area contributed by atoms with Gasteiger partial charge < -0.3 is 4.74 Å². The lowest BCUT2D eigenvalue weighted by molar-refractivity contribution is 0.103. The molecular weight excluding hydrogens is 510 g/mol. The number of para-hydroxylation sites is 1. The third-order valence-electron chi connectivity index (χ3n) is 6.47. The highest BCUT2D eigenvalue weighted by atomic mass is 32.2. The standard InChI is InChI=1S/C31H31N3O4S/c1-21-10-16-26(17-11-21)39(36,37)34-28-9-7-6-8-23(28)18-29(34)30(35)27-19-32-33(22(27)2)24-12-14-25(15-13-24)38-20-31(3,4)5/h6-19H,20H2,1-5H3. The molecule has 39 heavy (non-hydrogen) atoms. The topological polar surface area (TPSA) is 83.2 Å². The number of rotatable bonds is 7. The van der Waals surface area contributed by atoms with Gasteiger partial charge in [-0.25, -0.2) is 17.1 Å². The smallest absolute Gasteiger partial charge is 0.268 e. The van der Waals surface area contributed by atoms with Gasteiger partial charge in [0.2, 0.25) is 5.78 Å². The number of fused-ring (bicyclic) bond motifs is 1. The molecule has 0 saturated carbocycles. The van der Waals surface area contributed by atoms with Crippen molar-refractivity contribution in [2.75, 3.05) is 6.61 Å². The lowest BCUT2D eigenvalue weighted by Crippen LogP contribution is -2.19. The zero-order valence-electron chi connectivity index (χ0n) is 22.7. The zero-order valence-corrected chi connectivity index (χ0v) is 23.5. The lowest BCUT2D eigenvalue weighted by Gasteiger charge is -2.19. The predicted molar refractivity (Wildman–Crippen MR) is 152 cm³/mol. The summed E-state index contributed by atoms with van der Waals surface area (Å²) in [6.07, 6.45) is 1.49. The Labute approximate surface area is 228 Å². The maximum atomic E-state index is 13.9. The van der Waals surface area contributed by atoms with Crippen LogP contribution in [0.4, 0.5) is 0 Å². The molecule has 200 valence electrons. The Hall–Kier alpha value is -4.17. The van der Waals surface area contributed by atoms with E-state index in [1.165, 1.54) is 6.20 Å². The molecule has 0 radical (unpaired) electrons. The largest absolute Gasteiger partial charge is 0.493 e. The number of aromatic nitrogens is 3. The molecule has 0 atom stereocenters. The average Bonchev–Trinajstić information content (AvgIpc) is 3.48. The van der Waals surface area contributed by atoms with E-state index < -0.39 is 15.8 Å². The van der Waals surface area contributed by atoms with Crippen molar-refractivity contribution >= 4 is 26.7 Å². The van der Waals surface area contributed by atoms with Gasteiger partial charge in [-0.05, 0) is 67.8 Å². The van der Waals surface area contributed by atoms with E-state index >= 15 is 0 Å². The lowest BCUT2D eigenvalue weighted by atomic mass is 9.99. The summed E-state index contributed by atoms with van der Waals surface area (Å²) in [7, 11) is -4.05. The number of nitrogens with zero attached hydrogens (tertiary/aromatic N) is 3. The summed E-state index contributed by atoms with van der Waals surface area (Å²) in [6.45, 7) is 10.6. The minimum absolute atomic E-state index is 0.0436. The zero-order chi connectivity index (χ0) is 27.9. The molecule has 0 N–H and O–H groups in total. The Bertz CT molecular complexity index is 1770. The Morgan fingerprint density at radius 1 is 0.923 bits per heavy atom. The summed E-state index contributed by atoms with van der Waals surface area (Å²) in [4.78, 5) is 14.0. The van der Waals surface area contributed by atoms with Crippen molar-refractivity contribution in [3.05, 3.63) is 108 Å². The molecule has 3 aromatic carbocycles. The van der Waals surface area contributed by atoms with Crippen LogP contribution >= 0.6 is 0 Å². The number of carbonyl (C=O) groups excluding carboxylic acids is 1. The first-order valence-electron chi connectivity index (χ1n) is 12.7. The van der Waals surface area contributed by atoms with Crippen molar-refractivity contribution in [3.63, 3.8) is 0 Å². The molecule has 0 fully saturated rings. The molecule has 0 bridgehead atoms. The summed E-state index contributed by atoms with van der Waals surface area (Å²) in [5, 5.41) is 5.12. The number of aryl methyl sites for hydroxylation is 1. The second kappa shape index (κ2) is 9.85. The monoisotopic (exact) mass is 541 g/mol. The molecule has 0 aliphatic rings. The van der Waals surface area contributed by atoms with Gasteiger partial charge in [-0.3, -0.25) is 4.79 Å². The van der Waals surface area contributed by atoms with Crippen LogP contribution in [0.15, 0.2) is 90.0 Å². The third kappa shape index (κ3) is 5.12. The fourth-order valence-corrected chi connectivity index (χ4v) is 5.89. The second-order valence-electron chi connectivity index (χ2n) is 10.9. The first kappa shape index (κ1) is 26.4. The van der Waals surface area contributed by atoms with Crippen LogP contribution in [0.3, 0.4) is 0 Å². The van der Waals surface area contributed by atoms with Gasteiger partial charge in [0.15, 0.2) is 0 Å². The van der Waals surface area contributed by atoms with E-state index in [4.69, 9.17) is 4.74 Å². The van der Waals surface area contributed by atoms with E-state index in [1.54, 1.807) is 60.1 Å². The quantitative estimate of drug-likeness (QED) is 0.225. The molecule has 5 rings (SSSR count). The van der Waals surface area contributed by atoms with Crippen molar-refractivity contribution < 1.29 is 17.9 Å². The van der Waals surface area contributed by atoms with Gasteiger partial charge in [0.1, 0.15) is 11.4 Å². The summed E-state index contributed by atoms with van der Waals surface area (Å²) >= 11 is 0. The van der Waals surface area contributed by atoms with Gasteiger partial charge >= 0.3 is 0 Å². The van der Waals surface area contributed by atoms with E-state index in [2.05, 4.69) is 25.9 Å². The second-order valence-corrected chi connectivity index (χ2v) is 12.7. The summed E-state index contributed by atoms with van der Waals surface area (Å²) < 4.78 is 36.3. The number of benzene rings is 3. The molecule has 2 aromatic heterocycles. The van der Waals surface area contributed by atoms with E-state index in [0.717, 1.165) is 21.0 Å². The Morgan fingerprint density at radius 3 is 2.26 bits per heavy atom. The highest BCUT2D eigenvalue weighted by Crippen LogP contribution is 2.29. The Morgan fingerprint density at radius 2 is 1.59 bits per heavy atom. The van der Waals surface area contributed by atoms with Crippen LogP contribution in [0.2, 0.25) is 0 Å². The van der Waals surface area contributed by atoms with Crippen LogP contribution in [0.1, 0.15) is 48.1 Å². The molecule has 8 heteroatoms. The first-order chi connectivity index (χ1) is 18.5. The van der Waals surface area contributed by atoms with Crippen molar-refractivity contribution in [3.8, 4) is 11.4 Å². The van der Waals surface area contributed by atoms with Gasteiger partial charge in [-0.1, -0.05) is 56.7 Å². The first-order valence-corrected chi connectivity index (χ1v) is 14.1. The molecule has 5 aromatic rings. The van der Waals surface area contributed by atoms with E-state index in [0.29, 0.717) is 28.8 Å². The molecule has 2 heterocycles. The number of ether oxygens (including phenoxy) is 1. The SMILES string of the molecule is Cc1ccc(S(=O)(=O)n2c(C(=O)c3cnn(-c4ccc(OCC(C)(C)C)cc4)c3C)cc3ccccc32)cc1. The van der Waals surface area contributed by atoms with Crippen LogP contribution in [-0.2, 0) is 10.0 Å². The fourth-order valence-electron chi connectivity index (χ4n) is 4.38. The van der Waals surface area contributed by atoms with Gasteiger partial charge in [0.05, 0.1) is 40.2 Å². The highest BCUT2D eigenvalue weighted by Gasteiger charge is 2.28. The minimum Gasteiger partial charge on any atom is -0.493 e. The van der Waals surface area contributed by atoms with Crippen LogP contribution in [0, 0.1) is 19.3 Å². The van der Waals surface area contributed by atoms with E-state index in [9.17, 15) is 13.2 Å². The average molecular weight is 542 g/mol. The number of hydrogen-bond acceptors (Lipinski definition) is 5. The van der Waals surface area contributed by atoms with Crippen molar-refractivity contribution in [1.29, 1.82) is 0 Å². The number of hydrogen-bond donors (Lipinski definition) is 0. The Balaban J connectivity index is 1.54. The van der Waals surface area contributed by atoms with Crippen molar-refractivity contribution in [2.45, 2.75) is 39.5 Å². The van der Waals surface area contributed by atoms with Gasteiger partial charge in [0.25, 0.3) is 10.0 Å². The molecular formula is C31H31N3O4S. The predicted octanol–water partition coefficient (Wildman–Crippen LogP) is 6.34. The maximum absolute atomic E-state index is 13.9. The summed E-state index contributed by atoms with van der Waals surface area (Å²) in [6, 6.07) is 22.8. The minimum atomic E-state index is -4.05. The Kier molecular flexibility index (Phi) is 6.68.